The first-order valence-corrected chi connectivity index (χ1v) is 4.76. The number of carboxylic acids is 1. The molecule has 0 radical (unpaired) electrons. The summed E-state index contributed by atoms with van der Waals surface area (Å²) in [4.78, 5) is 25.6. The van der Waals surface area contributed by atoms with Crippen molar-refractivity contribution in [2.75, 3.05) is 5.32 Å². The summed E-state index contributed by atoms with van der Waals surface area (Å²) < 4.78 is 0. The Bertz CT molecular complexity index is 404. The zero-order valence-corrected chi connectivity index (χ0v) is 9.02. The predicted molar refractivity (Wildman–Crippen MR) is 58.5 cm³/mol. The van der Waals surface area contributed by atoms with Gasteiger partial charge in [0, 0.05) is 17.9 Å². The standard InChI is InChI=1S/C10H13N3O3/c1-6(2)12-10(16)13-7-3-4-11-8(5-7)9(14)15/h3-6H,1-2H3,(H,14,15)(H2,11,12,13,16). The molecule has 1 rings (SSSR count). The summed E-state index contributed by atoms with van der Waals surface area (Å²) in [7, 11) is 0. The van der Waals surface area contributed by atoms with Crippen molar-refractivity contribution in [1.29, 1.82) is 0 Å². The lowest BCUT2D eigenvalue weighted by Gasteiger charge is -2.09. The van der Waals surface area contributed by atoms with Gasteiger partial charge in [0.05, 0.1) is 0 Å². The number of aromatic nitrogens is 1. The molecule has 6 nitrogen and oxygen atoms in total. The molecule has 0 bridgehead atoms. The summed E-state index contributed by atoms with van der Waals surface area (Å²) in [6, 6.07) is 2.45. The van der Waals surface area contributed by atoms with Crippen LogP contribution in [0, 0.1) is 0 Å². The summed E-state index contributed by atoms with van der Waals surface area (Å²) in [6.45, 7) is 3.66. The van der Waals surface area contributed by atoms with E-state index < -0.39 is 5.97 Å². The van der Waals surface area contributed by atoms with Gasteiger partial charge in [-0.2, -0.15) is 0 Å². The van der Waals surface area contributed by atoms with E-state index in [1.54, 1.807) is 0 Å². The van der Waals surface area contributed by atoms with Gasteiger partial charge in [-0.15, -0.1) is 0 Å². The topological polar surface area (TPSA) is 91.3 Å². The summed E-state index contributed by atoms with van der Waals surface area (Å²) in [5, 5.41) is 13.8. The first kappa shape index (κ1) is 12.0. The van der Waals surface area contributed by atoms with Crippen LogP contribution in [0.25, 0.3) is 0 Å². The Kier molecular flexibility index (Phi) is 3.82. The van der Waals surface area contributed by atoms with Crippen LogP contribution in [0.3, 0.4) is 0 Å². The molecule has 0 saturated carbocycles. The van der Waals surface area contributed by atoms with Crippen LogP contribution in [0.2, 0.25) is 0 Å². The van der Waals surface area contributed by atoms with Gasteiger partial charge < -0.3 is 15.7 Å². The number of anilines is 1. The average Bonchev–Trinajstić information content (AvgIpc) is 2.16. The third kappa shape index (κ3) is 3.56. The molecule has 0 spiro atoms. The molecule has 86 valence electrons. The Hall–Kier alpha value is -2.11. The Morgan fingerprint density at radius 3 is 2.69 bits per heavy atom. The molecule has 0 saturated heterocycles. The van der Waals surface area contributed by atoms with Gasteiger partial charge in [-0.25, -0.2) is 14.6 Å². The second-order valence-corrected chi connectivity index (χ2v) is 3.49. The summed E-state index contributed by atoms with van der Waals surface area (Å²) in [5.41, 5.74) is 0.285. The maximum absolute atomic E-state index is 11.3. The second-order valence-electron chi connectivity index (χ2n) is 3.49. The third-order valence-corrected chi connectivity index (χ3v) is 1.66. The summed E-state index contributed by atoms with van der Waals surface area (Å²) in [5.74, 6) is -1.13. The van der Waals surface area contributed by atoms with Crippen LogP contribution >= 0.6 is 0 Å². The minimum absolute atomic E-state index is 0.0146. The lowest BCUT2D eigenvalue weighted by molar-refractivity contribution is 0.0690. The van der Waals surface area contributed by atoms with Crippen LogP contribution in [0.5, 0.6) is 0 Å². The van der Waals surface area contributed by atoms with Gasteiger partial charge in [-0.05, 0) is 26.0 Å². The van der Waals surface area contributed by atoms with Crippen LogP contribution in [-0.2, 0) is 0 Å². The highest BCUT2D eigenvalue weighted by Crippen LogP contribution is 2.07. The molecule has 1 heterocycles. The van der Waals surface area contributed by atoms with Gasteiger partial charge in [-0.1, -0.05) is 0 Å². The molecule has 1 aromatic heterocycles. The fourth-order valence-corrected chi connectivity index (χ4v) is 1.05. The predicted octanol–water partition coefficient (Wildman–Crippen LogP) is 1.31. The third-order valence-electron chi connectivity index (χ3n) is 1.66. The zero-order valence-electron chi connectivity index (χ0n) is 9.02. The number of hydrogen-bond acceptors (Lipinski definition) is 3. The van der Waals surface area contributed by atoms with E-state index in [9.17, 15) is 9.59 Å². The normalized spacial score (nSPS) is 9.94. The number of pyridine rings is 1. The fraction of sp³-hybridized carbons (Fsp3) is 0.300. The lowest BCUT2D eigenvalue weighted by atomic mass is 10.3. The number of aromatic carboxylic acids is 1. The number of nitrogens with zero attached hydrogens (tertiary/aromatic N) is 1. The lowest BCUT2D eigenvalue weighted by Crippen LogP contribution is -2.34. The van der Waals surface area contributed by atoms with E-state index in [-0.39, 0.29) is 17.8 Å². The van der Waals surface area contributed by atoms with Crippen molar-refractivity contribution in [3.05, 3.63) is 24.0 Å². The van der Waals surface area contributed by atoms with Crippen LogP contribution in [-0.4, -0.2) is 28.1 Å². The van der Waals surface area contributed by atoms with Gasteiger partial charge in [0.15, 0.2) is 0 Å². The molecule has 0 aliphatic rings. The highest BCUT2D eigenvalue weighted by molar-refractivity contribution is 5.92. The molecule has 0 aliphatic heterocycles. The van der Waals surface area contributed by atoms with E-state index in [1.807, 2.05) is 13.8 Å². The number of rotatable bonds is 3. The number of urea groups is 1. The van der Waals surface area contributed by atoms with E-state index in [1.165, 1.54) is 18.3 Å². The highest BCUT2D eigenvalue weighted by atomic mass is 16.4. The largest absolute Gasteiger partial charge is 0.477 e. The summed E-state index contributed by atoms with van der Waals surface area (Å²) >= 11 is 0. The number of carbonyl (C=O) groups is 2. The molecule has 0 unspecified atom stereocenters. The Balaban J connectivity index is 2.70. The molecule has 0 aromatic carbocycles. The van der Waals surface area contributed by atoms with E-state index in [0.29, 0.717) is 5.69 Å². The van der Waals surface area contributed by atoms with Crippen molar-refractivity contribution < 1.29 is 14.7 Å². The maximum Gasteiger partial charge on any atom is 0.354 e. The van der Waals surface area contributed by atoms with Crippen molar-refractivity contribution in [1.82, 2.24) is 10.3 Å². The van der Waals surface area contributed by atoms with Crippen molar-refractivity contribution >= 4 is 17.7 Å². The molecular formula is C10H13N3O3. The van der Waals surface area contributed by atoms with Crippen LogP contribution < -0.4 is 10.6 Å². The summed E-state index contributed by atoms with van der Waals surface area (Å²) in [6.07, 6.45) is 1.33. The molecule has 3 N–H and O–H groups in total. The minimum atomic E-state index is -1.13. The number of hydrogen-bond donors (Lipinski definition) is 3. The molecule has 0 fully saturated rings. The second kappa shape index (κ2) is 5.11. The quantitative estimate of drug-likeness (QED) is 0.720. The average molecular weight is 223 g/mol. The minimum Gasteiger partial charge on any atom is -0.477 e. The van der Waals surface area contributed by atoms with Crippen LogP contribution in [0.1, 0.15) is 24.3 Å². The number of carboxylic acid groups (broad SMARTS) is 1. The molecular weight excluding hydrogens is 210 g/mol. The SMILES string of the molecule is CC(C)NC(=O)Nc1ccnc(C(=O)O)c1. The monoisotopic (exact) mass is 223 g/mol. The van der Waals surface area contributed by atoms with Crippen molar-refractivity contribution in [3.63, 3.8) is 0 Å². The Labute approximate surface area is 92.7 Å². The molecule has 0 atom stereocenters. The van der Waals surface area contributed by atoms with Gasteiger partial charge >= 0.3 is 12.0 Å². The first-order chi connectivity index (χ1) is 7.49. The molecule has 0 aliphatic carbocycles. The van der Waals surface area contributed by atoms with Crippen molar-refractivity contribution in [2.45, 2.75) is 19.9 Å². The van der Waals surface area contributed by atoms with Gasteiger partial charge in [0.2, 0.25) is 0 Å². The van der Waals surface area contributed by atoms with Gasteiger partial charge in [0.25, 0.3) is 0 Å². The van der Waals surface area contributed by atoms with E-state index in [0.717, 1.165) is 0 Å². The highest BCUT2D eigenvalue weighted by Gasteiger charge is 2.07. The van der Waals surface area contributed by atoms with E-state index >= 15 is 0 Å². The van der Waals surface area contributed by atoms with Crippen molar-refractivity contribution in [3.8, 4) is 0 Å². The number of nitrogens with one attached hydrogen (secondary N) is 2. The zero-order chi connectivity index (χ0) is 12.1. The molecule has 16 heavy (non-hydrogen) atoms. The molecule has 6 heteroatoms. The maximum atomic E-state index is 11.3. The van der Waals surface area contributed by atoms with E-state index in [4.69, 9.17) is 5.11 Å². The van der Waals surface area contributed by atoms with Gasteiger partial charge in [-0.3, -0.25) is 0 Å². The first-order valence-electron chi connectivity index (χ1n) is 4.76. The van der Waals surface area contributed by atoms with Crippen LogP contribution in [0.4, 0.5) is 10.5 Å². The Morgan fingerprint density at radius 1 is 1.44 bits per heavy atom. The smallest absolute Gasteiger partial charge is 0.354 e. The van der Waals surface area contributed by atoms with Crippen molar-refractivity contribution in [2.24, 2.45) is 0 Å². The van der Waals surface area contributed by atoms with Gasteiger partial charge in [0.1, 0.15) is 5.69 Å². The molecule has 1 aromatic rings. The molecule has 2 amide bonds. The Morgan fingerprint density at radius 2 is 2.12 bits per heavy atom. The fourth-order valence-electron chi connectivity index (χ4n) is 1.05. The van der Waals surface area contributed by atoms with Crippen LogP contribution in [0.15, 0.2) is 18.3 Å². The number of carbonyl (C=O) groups excluding carboxylic acids is 1. The van der Waals surface area contributed by atoms with E-state index in [2.05, 4.69) is 15.6 Å². The number of amides is 2.